The van der Waals surface area contributed by atoms with Gasteiger partial charge in [0.15, 0.2) is 0 Å². The SMILES string of the molecule is CC(C)N1CCOC(CN[C@H](C)c2cccc(Br)c2)C1. The van der Waals surface area contributed by atoms with Crippen LogP contribution in [0.2, 0.25) is 0 Å². The molecule has 1 aromatic carbocycles. The summed E-state index contributed by atoms with van der Waals surface area (Å²) in [7, 11) is 0. The van der Waals surface area contributed by atoms with Crippen molar-refractivity contribution < 1.29 is 4.74 Å². The summed E-state index contributed by atoms with van der Waals surface area (Å²) in [6.07, 6.45) is 0.292. The van der Waals surface area contributed by atoms with Crippen LogP contribution in [0.4, 0.5) is 0 Å². The van der Waals surface area contributed by atoms with E-state index < -0.39 is 0 Å². The van der Waals surface area contributed by atoms with Crippen LogP contribution in [-0.4, -0.2) is 43.3 Å². The van der Waals surface area contributed by atoms with E-state index in [9.17, 15) is 0 Å². The van der Waals surface area contributed by atoms with Gasteiger partial charge in [0.2, 0.25) is 0 Å². The Labute approximate surface area is 130 Å². The molecule has 3 nitrogen and oxygen atoms in total. The molecule has 2 rings (SSSR count). The van der Waals surface area contributed by atoms with Crippen molar-refractivity contribution in [2.75, 3.05) is 26.2 Å². The Hall–Kier alpha value is -0.420. The van der Waals surface area contributed by atoms with E-state index in [0.717, 1.165) is 30.7 Å². The molecule has 1 aliphatic heterocycles. The standard InChI is InChI=1S/C16H25BrN2O/c1-12(2)19-7-8-20-16(11-19)10-18-13(3)14-5-4-6-15(17)9-14/h4-6,9,12-13,16,18H,7-8,10-11H2,1-3H3/t13-,16?/m1/s1. The van der Waals surface area contributed by atoms with Gasteiger partial charge in [0.25, 0.3) is 0 Å². The first-order valence-corrected chi connectivity index (χ1v) is 8.20. The minimum Gasteiger partial charge on any atom is -0.374 e. The molecule has 1 unspecified atom stereocenters. The summed E-state index contributed by atoms with van der Waals surface area (Å²) >= 11 is 3.52. The fourth-order valence-corrected chi connectivity index (χ4v) is 2.95. The van der Waals surface area contributed by atoms with Crippen molar-refractivity contribution in [1.82, 2.24) is 10.2 Å². The molecule has 0 amide bonds. The quantitative estimate of drug-likeness (QED) is 0.890. The minimum absolute atomic E-state index is 0.292. The van der Waals surface area contributed by atoms with E-state index >= 15 is 0 Å². The summed E-state index contributed by atoms with van der Waals surface area (Å²) in [5.74, 6) is 0. The van der Waals surface area contributed by atoms with E-state index in [4.69, 9.17) is 4.74 Å². The molecule has 2 atom stereocenters. The first-order valence-electron chi connectivity index (χ1n) is 7.40. The summed E-state index contributed by atoms with van der Waals surface area (Å²) in [5.41, 5.74) is 1.30. The van der Waals surface area contributed by atoms with Gasteiger partial charge in [-0.15, -0.1) is 0 Å². The Kier molecular flexibility index (Phi) is 6.02. The molecule has 1 N–H and O–H groups in total. The zero-order valence-corrected chi connectivity index (χ0v) is 14.2. The second-order valence-corrected chi connectivity index (χ2v) is 6.68. The maximum absolute atomic E-state index is 5.85. The van der Waals surface area contributed by atoms with Gasteiger partial charge in [-0.05, 0) is 38.5 Å². The highest BCUT2D eigenvalue weighted by Gasteiger charge is 2.22. The molecule has 0 aromatic heterocycles. The molecule has 1 saturated heterocycles. The largest absolute Gasteiger partial charge is 0.374 e. The Morgan fingerprint density at radius 3 is 2.90 bits per heavy atom. The van der Waals surface area contributed by atoms with Crippen molar-refractivity contribution in [1.29, 1.82) is 0 Å². The second-order valence-electron chi connectivity index (χ2n) is 5.77. The lowest BCUT2D eigenvalue weighted by molar-refractivity contribution is -0.0379. The summed E-state index contributed by atoms with van der Waals surface area (Å²) in [4.78, 5) is 2.49. The third kappa shape index (κ3) is 4.55. The average molecular weight is 341 g/mol. The molecule has 0 spiro atoms. The number of ether oxygens (including phenoxy) is 1. The number of rotatable bonds is 5. The van der Waals surface area contributed by atoms with E-state index in [1.54, 1.807) is 0 Å². The molecule has 20 heavy (non-hydrogen) atoms. The smallest absolute Gasteiger partial charge is 0.0827 e. The highest BCUT2D eigenvalue weighted by Crippen LogP contribution is 2.18. The molecule has 1 aliphatic rings. The first kappa shape index (κ1) is 16.0. The van der Waals surface area contributed by atoms with E-state index in [1.165, 1.54) is 5.56 Å². The van der Waals surface area contributed by atoms with E-state index in [-0.39, 0.29) is 0 Å². The number of hydrogen-bond donors (Lipinski definition) is 1. The molecule has 1 aromatic rings. The summed E-state index contributed by atoms with van der Waals surface area (Å²) < 4.78 is 6.98. The van der Waals surface area contributed by atoms with Gasteiger partial charge in [0.1, 0.15) is 0 Å². The fourth-order valence-electron chi connectivity index (χ4n) is 2.54. The highest BCUT2D eigenvalue weighted by molar-refractivity contribution is 9.10. The molecule has 1 fully saturated rings. The Balaban J connectivity index is 1.82. The van der Waals surface area contributed by atoms with Gasteiger partial charge in [0.05, 0.1) is 12.7 Å². The molecule has 0 radical (unpaired) electrons. The summed E-state index contributed by atoms with van der Waals surface area (Å²) in [5, 5.41) is 3.58. The van der Waals surface area contributed by atoms with Crippen LogP contribution in [0.3, 0.4) is 0 Å². The van der Waals surface area contributed by atoms with Crippen molar-refractivity contribution in [3.8, 4) is 0 Å². The Morgan fingerprint density at radius 1 is 1.40 bits per heavy atom. The molecule has 4 heteroatoms. The van der Waals surface area contributed by atoms with Crippen LogP contribution < -0.4 is 5.32 Å². The summed E-state index contributed by atoms with van der Waals surface area (Å²) in [6, 6.07) is 9.40. The average Bonchev–Trinajstić information content (AvgIpc) is 2.45. The van der Waals surface area contributed by atoms with Crippen LogP contribution in [0.15, 0.2) is 28.7 Å². The van der Waals surface area contributed by atoms with Crippen molar-refractivity contribution in [3.05, 3.63) is 34.3 Å². The number of halogens is 1. The molecule has 0 saturated carbocycles. The fraction of sp³-hybridized carbons (Fsp3) is 0.625. The van der Waals surface area contributed by atoms with Crippen LogP contribution in [0, 0.1) is 0 Å². The van der Waals surface area contributed by atoms with Crippen molar-refractivity contribution in [2.45, 2.75) is 39.0 Å². The topological polar surface area (TPSA) is 24.5 Å². The number of nitrogens with zero attached hydrogens (tertiary/aromatic N) is 1. The van der Waals surface area contributed by atoms with Gasteiger partial charge >= 0.3 is 0 Å². The van der Waals surface area contributed by atoms with Crippen molar-refractivity contribution in [2.24, 2.45) is 0 Å². The predicted octanol–water partition coefficient (Wildman–Crippen LogP) is 3.21. The van der Waals surface area contributed by atoms with Crippen LogP contribution in [0.25, 0.3) is 0 Å². The van der Waals surface area contributed by atoms with Crippen molar-refractivity contribution in [3.63, 3.8) is 0 Å². The Morgan fingerprint density at radius 2 is 2.20 bits per heavy atom. The highest BCUT2D eigenvalue weighted by atomic mass is 79.9. The molecule has 0 aliphatic carbocycles. The predicted molar refractivity (Wildman–Crippen MR) is 87.0 cm³/mol. The van der Waals surface area contributed by atoms with Crippen molar-refractivity contribution >= 4 is 15.9 Å². The molecule has 1 heterocycles. The number of nitrogens with one attached hydrogen (secondary N) is 1. The zero-order chi connectivity index (χ0) is 14.5. The zero-order valence-electron chi connectivity index (χ0n) is 12.6. The number of hydrogen-bond acceptors (Lipinski definition) is 3. The monoisotopic (exact) mass is 340 g/mol. The van der Waals surface area contributed by atoms with Crippen LogP contribution >= 0.6 is 15.9 Å². The molecule has 112 valence electrons. The first-order chi connectivity index (χ1) is 9.56. The Bertz CT molecular complexity index is 425. The van der Waals surface area contributed by atoms with Gasteiger partial charge in [-0.1, -0.05) is 28.1 Å². The van der Waals surface area contributed by atoms with Gasteiger partial charge in [-0.3, -0.25) is 4.90 Å². The van der Waals surface area contributed by atoms with E-state index in [2.05, 4.69) is 71.2 Å². The molecular weight excluding hydrogens is 316 g/mol. The molecule has 0 bridgehead atoms. The van der Waals surface area contributed by atoms with Gasteiger partial charge in [-0.25, -0.2) is 0 Å². The van der Waals surface area contributed by atoms with Gasteiger partial charge in [-0.2, -0.15) is 0 Å². The lowest BCUT2D eigenvalue weighted by Crippen LogP contribution is -2.49. The van der Waals surface area contributed by atoms with Gasteiger partial charge < -0.3 is 10.1 Å². The minimum atomic E-state index is 0.292. The maximum Gasteiger partial charge on any atom is 0.0827 e. The lowest BCUT2D eigenvalue weighted by atomic mass is 10.1. The van der Waals surface area contributed by atoms with Crippen LogP contribution in [0.5, 0.6) is 0 Å². The van der Waals surface area contributed by atoms with Gasteiger partial charge in [0, 0.05) is 36.2 Å². The third-order valence-corrected chi connectivity index (χ3v) is 4.39. The van der Waals surface area contributed by atoms with E-state index in [0.29, 0.717) is 18.2 Å². The third-order valence-electron chi connectivity index (χ3n) is 3.90. The van der Waals surface area contributed by atoms with Crippen LogP contribution in [-0.2, 0) is 4.74 Å². The second kappa shape index (κ2) is 7.55. The number of morpholine rings is 1. The normalized spacial score (nSPS) is 22.1. The maximum atomic E-state index is 5.85. The summed E-state index contributed by atoms with van der Waals surface area (Å²) in [6.45, 7) is 10.5. The number of benzene rings is 1. The lowest BCUT2D eigenvalue weighted by Gasteiger charge is -2.36. The van der Waals surface area contributed by atoms with Crippen LogP contribution in [0.1, 0.15) is 32.4 Å². The molecular formula is C16H25BrN2O. The van der Waals surface area contributed by atoms with E-state index in [1.807, 2.05) is 0 Å².